The second kappa shape index (κ2) is 4.61. The van der Waals surface area contributed by atoms with Gasteiger partial charge in [-0.05, 0) is 11.6 Å². The average Bonchev–Trinajstić information content (AvgIpc) is 2.17. The predicted molar refractivity (Wildman–Crippen MR) is 56.9 cm³/mol. The molecule has 0 fully saturated rings. The van der Waals surface area contributed by atoms with Crippen molar-refractivity contribution in [2.45, 2.75) is 5.88 Å². The Morgan fingerprint density at radius 1 is 1.64 bits per heavy atom. The zero-order valence-electron chi connectivity index (χ0n) is 7.29. The lowest BCUT2D eigenvalue weighted by Crippen LogP contribution is -1.95. The standard InChI is InChI=1S/C8H7BrClNO3/c1-14-8-2-5(4-10)6(9)3-7(8)11(12)13/h2-3H,4H2,1H3. The Labute approximate surface area is 94.1 Å². The van der Waals surface area contributed by atoms with Gasteiger partial charge in [-0.1, -0.05) is 15.9 Å². The smallest absolute Gasteiger partial charge is 0.312 e. The Balaban J connectivity index is 3.31. The molecular weight excluding hydrogens is 273 g/mol. The molecule has 0 saturated carbocycles. The van der Waals surface area contributed by atoms with Gasteiger partial charge in [-0.3, -0.25) is 10.1 Å². The molecule has 6 heteroatoms. The van der Waals surface area contributed by atoms with Crippen molar-refractivity contribution in [3.05, 3.63) is 32.3 Å². The van der Waals surface area contributed by atoms with Crippen molar-refractivity contribution in [1.82, 2.24) is 0 Å². The molecule has 0 bridgehead atoms. The highest BCUT2D eigenvalue weighted by Crippen LogP contribution is 2.33. The monoisotopic (exact) mass is 279 g/mol. The summed E-state index contributed by atoms with van der Waals surface area (Å²) in [4.78, 5) is 10.1. The summed E-state index contributed by atoms with van der Waals surface area (Å²) in [7, 11) is 1.38. The lowest BCUT2D eigenvalue weighted by Gasteiger charge is -2.05. The van der Waals surface area contributed by atoms with Gasteiger partial charge in [0.05, 0.1) is 12.0 Å². The van der Waals surface area contributed by atoms with Crippen molar-refractivity contribution in [2.24, 2.45) is 0 Å². The lowest BCUT2D eigenvalue weighted by atomic mass is 10.2. The summed E-state index contributed by atoms with van der Waals surface area (Å²) in [6.07, 6.45) is 0. The van der Waals surface area contributed by atoms with E-state index >= 15 is 0 Å². The topological polar surface area (TPSA) is 52.4 Å². The molecular formula is C8H7BrClNO3. The van der Waals surface area contributed by atoms with Gasteiger partial charge in [0.2, 0.25) is 0 Å². The number of methoxy groups -OCH3 is 1. The molecule has 0 atom stereocenters. The van der Waals surface area contributed by atoms with Gasteiger partial charge < -0.3 is 4.74 Å². The number of benzene rings is 1. The maximum atomic E-state index is 10.6. The quantitative estimate of drug-likeness (QED) is 0.485. The highest BCUT2D eigenvalue weighted by molar-refractivity contribution is 9.10. The van der Waals surface area contributed by atoms with Gasteiger partial charge in [0.1, 0.15) is 0 Å². The molecule has 76 valence electrons. The van der Waals surface area contributed by atoms with Crippen LogP contribution in [0.25, 0.3) is 0 Å². The maximum absolute atomic E-state index is 10.6. The lowest BCUT2D eigenvalue weighted by molar-refractivity contribution is -0.385. The first-order chi connectivity index (χ1) is 6.60. The van der Waals surface area contributed by atoms with Crippen molar-refractivity contribution >= 4 is 33.2 Å². The Morgan fingerprint density at radius 2 is 2.29 bits per heavy atom. The first kappa shape index (κ1) is 11.3. The molecule has 1 aromatic rings. The van der Waals surface area contributed by atoms with Crippen LogP contribution in [0.5, 0.6) is 5.75 Å². The second-order valence-electron chi connectivity index (χ2n) is 2.51. The van der Waals surface area contributed by atoms with E-state index in [4.69, 9.17) is 16.3 Å². The van der Waals surface area contributed by atoms with Crippen LogP contribution in [-0.4, -0.2) is 12.0 Å². The van der Waals surface area contributed by atoms with E-state index in [0.717, 1.165) is 5.56 Å². The van der Waals surface area contributed by atoms with Crippen LogP contribution in [0.3, 0.4) is 0 Å². The number of nitrogens with zero attached hydrogens (tertiary/aromatic N) is 1. The molecule has 0 aliphatic carbocycles. The van der Waals surface area contributed by atoms with Crippen LogP contribution in [-0.2, 0) is 5.88 Å². The number of hydrogen-bond acceptors (Lipinski definition) is 3. The van der Waals surface area contributed by atoms with E-state index in [9.17, 15) is 10.1 Å². The number of halogens is 2. The van der Waals surface area contributed by atoms with Gasteiger partial charge in [0, 0.05) is 16.4 Å². The highest BCUT2D eigenvalue weighted by atomic mass is 79.9. The van der Waals surface area contributed by atoms with Crippen molar-refractivity contribution in [1.29, 1.82) is 0 Å². The zero-order chi connectivity index (χ0) is 10.7. The molecule has 14 heavy (non-hydrogen) atoms. The third-order valence-corrected chi connectivity index (χ3v) is 2.71. The predicted octanol–water partition coefficient (Wildman–Crippen LogP) is 3.10. The highest BCUT2D eigenvalue weighted by Gasteiger charge is 2.17. The van der Waals surface area contributed by atoms with E-state index in [-0.39, 0.29) is 17.3 Å². The minimum absolute atomic E-state index is 0.0757. The number of nitro groups is 1. The van der Waals surface area contributed by atoms with E-state index in [1.807, 2.05) is 0 Å². The van der Waals surface area contributed by atoms with Crippen LogP contribution in [0.1, 0.15) is 5.56 Å². The van der Waals surface area contributed by atoms with Gasteiger partial charge >= 0.3 is 5.69 Å². The normalized spacial score (nSPS) is 9.93. The van der Waals surface area contributed by atoms with Crippen molar-refractivity contribution in [3.63, 3.8) is 0 Å². The SMILES string of the molecule is COc1cc(CCl)c(Br)cc1[N+](=O)[O-]. The number of hydrogen-bond donors (Lipinski definition) is 0. The molecule has 1 rings (SSSR count). The number of rotatable bonds is 3. The maximum Gasteiger partial charge on any atom is 0.312 e. The third kappa shape index (κ3) is 2.16. The number of alkyl halides is 1. The molecule has 0 saturated heterocycles. The molecule has 1 aromatic carbocycles. The summed E-state index contributed by atoms with van der Waals surface area (Å²) in [5.74, 6) is 0.489. The van der Waals surface area contributed by atoms with E-state index in [0.29, 0.717) is 4.47 Å². The molecule has 0 spiro atoms. The summed E-state index contributed by atoms with van der Waals surface area (Å²) in [5.41, 5.74) is 0.683. The van der Waals surface area contributed by atoms with Gasteiger partial charge in [-0.25, -0.2) is 0 Å². The van der Waals surface area contributed by atoms with E-state index in [2.05, 4.69) is 15.9 Å². The van der Waals surface area contributed by atoms with Crippen LogP contribution < -0.4 is 4.74 Å². The molecule has 0 N–H and O–H groups in total. The minimum Gasteiger partial charge on any atom is -0.490 e. The third-order valence-electron chi connectivity index (χ3n) is 1.69. The van der Waals surface area contributed by atoms with Crippen LogP contribution in [0.4, 0.5) is 5.69 Å². The number of nitro benzene ring substituents is 1. The first-order valence-corrected chi connectivity index (χ1v) is 4.99. The van der Waals surface area contributed by atoms with Crippen LogP contribution in [0, 0.1) is 10.1 Å². The van der Waals surface area contributed by atoms with E-state index in [1.165, 1.54) is 13.2 Å². The van der Waals surface area contributed by atoms with Gasteiger partial charge in [-0.2, -0.15) is 0 Å². The van der Waals surface area contributed by atoms with Crippen LogP contribution in [0.15, 0.2) is 16.6 Å². The molecule has 0 aromatic heterocycles. The molecule has 4 nitrogen and oxygen atoms in total. The van der Waals surface area contributed by atoms with Crippen LogP contribution in [0.2, 0.25) is 0 Å². The van der Waals surface area contributed by atoms with Crippen molar-refractivity contribution in [2.75, 3.05) is 7.11 Å². The van der Waals surface area contributed by atoms with Gasteiger partial charge in [0.25, 0.3) is 0 Å². The van der Waals surface area contributed by atoms with Gasteiger partial charge in [-0.15, -0.1) is 11.6 Å². The summed E-state index contributed by atoms with van der Waals surface area (Å²) in [6, 6.07) is 2.94. The average molecular weight is 281 g/mol. The molecule has 0 heterocycles. The minimum atomic E-state index is -0.498. The molecule has 0 unspecified atom stereocenters. The summed E-state index contributed by atoms with van der Waals surface area (Å²) < 4.78 is 5.49. The summed E-state index contributed by atoms with van der Waals surface area (Å²) >= 11 is 8.83. The second-order valence-corrected chi connectivity index (χ2v) is 3.63. The Kier molecular flexibility index (Phi) is 3.71. The van der Waals surface area contributed by atoms with Gasteiger partial charge in [0.15, 0.2) is 5.75 Å². The molecule has 0 amide bonds. The summed E-state index contributed by atoms with van der Waals surface area (Å²) in [5, 5.41) is 10.6. The van der Waals surface area contributed by atoms with Crippen molar-refractivity contribution < 1.29 is 9.66 Å². The number of ether oxygens (including phenoxy) is 1. The van der Waals surface area contributed by atoms with Crippen LogP contribution >= 0.6 is 27.5 Å². The largest absolute Gasteiger partial charge is 0.490 e. The fraction of sp³-hybridized carbons (Fsp3) is 0.250. The fourth-order valence-corrected chi connectivity index (χ4v) is 1.85. The zero-order valence-corrected chi connectivity index (χ0v) is 9.63. The molecule has 0 radical (unpaired) electrons. The molecule has 0 aliphatic rings. The fourth-order valence-electron chi connectivity index (χ4n) is 0.994. The van der Waals surface area contributed by atoms with Crippen molar-refractivity contribution in [3.8, 4) is 5.75 Å². The first-order valence-electron chi connectivity index (χ1n) is 3.67. The Bertz CT molecular complexity index is 370. The Hall–Kier alpha value is -0.810. The molecule has 0 aliphatic heterocycles. The summed E-state index contributed by atoms with van der Waals surface area (Å²) in [6.45, 7) is 0. The van der Waals surface area contributed by atoms with E-state index in [1.54, 1.807) is 6.07 Å². The van der Waals surface area contributed by atoms with E-state index < -0.39 is 4.92 Å². The Morgan fingerprint density at radius 3 is 2.71 bits per heavy atom.